The van der Waals surface area contributed by atoms with Crippen LogP contribution < -0.4 is 0 Å². The number of ether oxygens (including phenoxy) is 1. The monoisotopic (exact) mass is 310 g/mol. The van der Waals surface area contributed by atoms with E-state index in [2.05, 4.69) is 16.5 Å². The Morgan fingerprint density at radius 2 is 2.33 bits per heavy atom. The number of alkyl halides is 1. The van der Waals surface area contributed by atoms with Crippen LogP contribution in [0.25, 0.3) is 11.0 Å². The van der Waals surface area contributed by atoms with Crippen molar-refractivity contribution >= 4 is 22.6 Å². The van der Waals surface area contributed by atoms with Crippen molar-refractivity contribution in [2.45, 2.75) is 44.7 Å². The van der Waals surface area contributed by atoms with Gasteiger partial charge >= 0.3 is 0 Å². The van der Waals surface area contributed by atoms with E-state index in [4.69, 9.17) is 16.3 Å². The van der Waals surface area contributed by atoms with E-state index >= 15 is 0 Å². The van der Waals surface area contributed by atoms with Crippen LogP contribution in [-0.4, -0.2) is 22.3 Å². The third-order valence-electron chi connectivity index (χ3n) is 4.26. The van der Waals surface area contributed by atoms with Gasteiger partial charge in [0.2, 0.25) is 0 Å². The van der Waals surface area contributed by atoms with Gasteiger partial charge in [-0.05, 0) is 31.9 Å². The summed E-state index contributed by atoms with van der Waals surface area (Å²) >= 11 is 6.27. The van der Waals surface area contributed by atoms with E-state index in [1.54, 1.807) is 6.07 Å². The molecule has 1 aliphatic heterocycles. The van der Waals surface area contributed by atoms with Crippen LogP contribution in [0.4, 0.5) is 4.39 Å². The zero-order chi connectivity index (χ0) is 15.0. The van der Waals surface area contributed by atoms with Crippen LogP contribution in [0.3, 0.4) is 0 Å². The smallest absolute Gasteiger partial charge is 0.127 e. The minimum Gasteiger partial charge on any atom is -0.378 e. The van der Waals surface area contributed by atoms with Gasteiger partial charge in [-0.3, -0.25) is 0 Å². The van der Waals surface area contributed by atoms with E-state index in [0.29, 0.717) is 17.5 Å². The van der Waals surface area contributed by atoms with Gasteiger partial charge in [-0.2, -0.15) is 0 Å². The van der Waals surface area contributed by atoms with Crippen molar-refractivity contribution in [3.63, 3.8) is 0 Å². The Balaban J connectivity index is 2.01. The number of halogens is 2. The number of fused-ring (bicyclic) bond motifs is 1. The predicted octanol–water partition coefficient (Wildman–Crippen LogP) is 4.29. The number of hydrogen-bond donors (Lipinski definition) is 0. The first-order valence-electron chi connectivity index (χ1n) is 7.51. The minimum atomic E-state index is -0.267. The van der Waals surface area contributed by atoms with Crippen molar-refractivity contribution < 1.29 is 9.13 Å². The molecule has 1 aliphatic rings. The molecule has 0 radical (unpaired) electrons. The van der Waals surface area contributed by atoms with Gasteiger partial charge in [0.25, 0.3) is 0 Å². The molecule has 0 amide bonds. The van der Waals surface area contributed by atoms with Crippen LogP contribution in [0.2, 0.25) is 0 Å². The highest BCUT2D eigenvalue weighted by Crippen LogP contribution is 2.30. The molecule has 2 aromatic rings. The number of hydrogen-bond acceptors (Lipinski definition) is 2. The van der Waals surface area contributed by atoms with Crippen LogP contribution >= 0.6 is 11.6 Å². The van der Waals surface area contributed by atoms with Crippen molar-refractivity contribution in [2.75, 3.05) is 6.61 Å². The summed E-state index contributed by atoms with van der Waals surface area (Å²) in [5, 5.41) is -0.206. The standard InChI is InChI=1S/C16H20ClFN2O/c1-3-15-11(6-7-21-15)9-20-14-5-4-12(18)8-13(14)19-16(20)10(2)17/h4-5,8,10-11,15H,3,6-7,9H2,1-2H3. The lowest BCUT2D eigenvalue weighted by Crippen LogP contribution is -2.21. The summed E-state index contributed by atoms with van der Waals surface area (Å²) in [6, 6.07) is 4.74. The van der Waals surface area contributed by atoms with Gasteiger partial charge in [0, 0.05) is 25.1 Å². The molecule has 0 bridgehead atoms. The molecule has 1 fully saturated rings. The second kappa shape index (κ2) is 5.93. The van der Waals surface area contributed by atoms with Crippen LogP contribution in [0.5, 0.6) is 0 Å². The summed E-state index contributed by atoms with van der Waals surface area (Å²) in [6.07, 6.45) is 2.36. The molecule has 114 valence electrons. The maximum absolute atomic E-state index is 13.4. The molecule has 0 saturated carbocycles. The van der Waals surface area contributed by atoms with Gasteiger partial charge < -0.3 is 9.30 Å². The molecule has 3 atom stereocenters. The van der Waals surface area contributed by atoms with Crippen molar-refractivity contribution in [3.8, 4) is 0 Å². The first-order chi connectivity index (χ1) is 10.1. The zero-order valence-corrected chi connectivity index (χ0v) is 13.1. The highest BCUT2D eigenvalue weighted by molar-refractivity contribution is 6.20. The number of imidazole rings is 1. The highest BCUT2D eigenvalue weighted by Gasteiger charge is 2.28. The lowest BCUT2D eigenvalue weighted by Gasteiger charge is -2.19. The summed E-state index contributed by atoms with van der Waals surface area (Å²) < 4.78 is 21.3. The maximum atomic E-state index is 13.4. The molecule has 0 aliphatic carbocycles. The summed E-state index contributed by atoms with van der Waals surface area (Å²) in [5.74, 6) is 1.00. The molecule has 5 heteroatoms. The molecule has 1 aromatic carbocycles. The summed E-state index contributed by atoms with van der Waals surface area (Å²) in [5.41, 5.74) is 1.62. The van der Waals surface area contributed by atoms with E-state index in [9.17, 15) is 4.39 Å². The van der Waals surface area contributed by atoms with Crippen LogP contribution in [0.1, 0.15) is 37.9 Å². The number of rotatable bonds is 4. The molecular weight excluding hydrogens is 291 g/mol. The molecular formula is C16H20ClFN2O. The minimum absolute atomic E-state index is 0.206. The third-order valence-corrected chi connectivity index (χ3v) is 4.46. The first kappa shape index (κ1) is 14.8. The average Bonchev–Trinajstić information content (AvgIpc) is 3.03. The Hall–Kier alpha value is -1.13. The largest absolute Gasteiger partial charge is 0.378 e. The molecule has 3 unspecified atom stereocenters. The van der Waals surface area contributed by atoms with E-state index < -0.39 is 0 Å². The van der Waals surface area contributed by atoms with Crippen molar-refractivity contribution in [2.24, 2.45) is 5.92 Å². The SMILES string of the molecule is CCC1OCCC1Cn1c(C(C)Cl)nc2cc(F)ccc21. The normalized spacial score (nSPS) is 23.8. The molecule has 21 heavy (non-hydrogen) atoms. The molecule has 2 heterocycles. The fourth-order valence-electron chi connectivity index (χ4n) is 3.20. The van der Waals surface area contributed by atoms with Gasteiger partial charge in [0.15, 0.2) is 0 Å². The summed E-state index contributed by atoms with van der Waals surface area (Å²) in [6.45, 7) is 5.69. The third kappa shape index (κ3) is 2.79. The van der Waals surface area contributed by atoms with E-state index in [0.717, 1.165) is 37.3 Å². The average molecular weight is 311 g/mol. The van der Waals surface area contributed by atoms with Crippen LogP contribution in [0.15, 0.2) is 18.2 Å². The van der Waals surface area contributed by atoms with Gasteiger partial charge in [0.1, 0.15) is 11.6 Å². The molecule has 1 saturated heterocycles. The highest BCUT2D eigenvalue weighted by atomic mass is 35.5. The maximum Gasteiger partial charge on any atom is 0.127 e. The van der Waals surface area contributed by atoms with Crippen molar-refractivity contribution in [1.29, 1.82) is 0 Å². The zero-order valence-electron chi connectivity index (χ0n) is 12.4. The lowest BCUT2D eigenvalue weighted by molar-refractivity contribution is 0.0835. The molecule has 3 rings (SSSR count). The number of benzene rings is 1. The molecule has 0 N–H and O–H groups in total. The van der Waals surface area contributed by atoms with Gasteiger partial charge in [-0.25, -0.2) is 9.37 Å². The lowest BCUT2D eigenvalue weighted by atomic mass is 9.99. The van der Waals surface area contributed by atoms with E-state index in [1.165, 1.54) is 12.1 Å². The van der Waals surface area contributed by atoms with Crippen molar-refractivity contribution in [1.82, 2.24) is 9.55 Å². The van der Waals surface area contributed by atoms with E-state index in [-0.39, 0.29) is 11.2 Å². The molecule has 1 aromatic heterocycles. The molecule has 0 spiro atoms. The summed E-state index contributed by atoms with van der Waals surface area (Å²) in [7, 11) is 0. The first-order valence-corrected chi connectivity index (χ1v) is 7.95. The quantitative estimate of drug-likeness (QED) is 0.788. The van der Waals surface area contributed by atoms with Crippen LogP contribution in [0, 0.1) is 11.7 Å². The number of aromatic nitrogens is 2. The summed E-state index contributed by atoms with van der Waals surface area (Å²) in [4.78, 5) is 4.52. The Morgan fingerprint density at radius 3 is 3.05 bits per heavy atom. The molecule has 3 nitrogen and oxygen atoms in total. The Bertz CT molecular complexity index is 640. The topological polar surface area (TPSA) is 27.1 Å². The Kier molecular flexibility index (Phi) is 4.18. The van der Waals surface area contributed by atoms with Crippen molar-refractivity contribution in [3.05, 3.63) is 29.8 Å². The van der Waals surface area contributed by atoms with Crippen LogP contribution in [-0.2, 0) is 11.3 Å². The predicted molar refractivity (Wildman–Crippen MR) is 82.1 cm³/mol. The second-order valence-electron chi connectivity index (χ2n) is 5.70. The Morgan fingerprint density at radius 1 is 1.52 bits per heavy atom. The fourth-order valence-corrected chi connectivity index (χ4v) is 3.37. The Labute approximate surface area is 129 Å². The number of nitrogens with zero attached hydrogens (tertiary/aromatic N) is 2. The van der Waals surface area contributed by atoms with Gasteiger partial charge in [-0.1, -0.05) is 6.92 Å². The van der Waals surface area contributed by atoms with E-state index in [1.807, 2.05) is 6.92 Å². The fraction of sp³-hybridized carbons (Fsp3) is 0.562. The van der Waals surface area contributed by atoms with Gasteiger partial charge in [0.05, 0.1) is 22.5 Å². The second-order valence-corrected chi connectivity index (χ2v) is 6.35. The van der Waals surface area contributed by atoms with Gasteiger partial charge in [-0.15, -0.1) is 11.6 Å².